The molecule has 0 aromatic heterocycles. The van der Waals surface area contributed by atoms with Crippen molar-refractivity contribution in [3.05, 3.63) is 29.8 Å². The highest BCUT2D eigenvalue weighted by Gasteiger charge is 1.93. The zero-order valence-electron chi connectivity index (χ0n) is 8.34. The molecule has 0 aliphatic rings. The number of benzene rings is 1. The van der Waals surface area contributed by atoms with E-state index in [9.17, 15) is 0 Å². The van der Waals surface area contributed by atoms with Crippen LogP contribution in [-0.2, 0) is 0 Å². The molecule has 1 atom stereocenters. The van der Waals surface area contributed by atoms with Gasteiger partial charge in [-0.1, -0.05) is 25.5 Å². The van der Waals surface area contributed by atoms with E-state index in [1.807, 2.05) is 12.1 Å². The van der Waals surface area contributed by atoms with Gasteiger partial charge in [0.05, 0.1) is 8.81 Å². The van der Waals surface area contributed by atoms with Gasteiger partial charge in [0.1, 0.15) is 5.75 Å². The summed E-state index contributed by atoms with van der Waals surface area (Å²) in [5.74, 6) is 1.01. The van der Waals surface area contributed by atoms with Crippen LogP contribution in [0.3, 0.4) is 0 Å². The molecule has 0 heterocycles. The van der Waals surface area contributed by atoms with E-state index in [2.05, 4.69) is 26.0 Å². The van der Waals surface area contributed by atoms with Crippen LogP contribution >= 0.6 is 8.81 Å². The molecule has 1 unspecified atom stereocenters. The van der Waals surface area contributed by atoms with Gasteiger partial charge in [0.15, 0.2) is 0 Å². The molecule has 0 fully saturated rings. The Hall–Kier alpha value is -0.550. The second kappa shape index (κ2) is 5.99. The summed E-state index contributed by atoms with van der Waals surface area (Å²) >= 11 is 0. The number of hydrogen-bond acceptors (Lipinski definition) is 1. The molecule has 1 aromatic carbocycles. The molecule has 0 radical (unpaired) electrons. The maximum atomic E-state index is 5.62. The van der Waals surface area contributed by atoms with Gasteiger partial charge in [0, 0.05) is 6.16 Å². The minimum Gasteiger partial charge on any atom is -0.477 e. The molecule has 0 bridgehead atoms. The number of rotatable bonds is 5. The van der Waals surface area contributed by atoms with E-state index in [0.29, 0.717) is 8.81 Å². The Bertz CT molecular complexity index is 248. The lowest BCUT2D eigenvalue weighted by molar-refractivity contribution is 0.626. The van der Waals surface area contributed by atoms with E-state index in [1.54, 1.807) is 0 Å². The lowest BCUT2D eigenvalue weighted by Gasteiger charge is -2.05. The van der Waals surface area contributed by atoms with Crippen LogP contribution in [0.5, 0.6) is 5.75 Å². The van der Waals surface area contributed by atoms with Crippen LogP contribution in [0.4, 0.5) is 0 Å². The van der Waals surface area contributed by atoms with E-state index in [-0.39, 0.29) is 0 Å². The summed E-state index contributed by atoms with van der Waals surface area (Å²) in [4.78, 5) is 0. The molecule has 0 saturated carbocycles. The van der Waals surface area contributed by atoms with Crippen molar-refractivity contribution in [3.63, 3.8) is 0 Å². The first-order chi connectivity index (χ1) is 6.33. The minimum absolute atomic E-state index is 0.613. The molecular weight excluding hydrogens is 179 g/mol. The zero-order chi connectivity index (χ0) is 9.52. The Morgan fingerprint density at radius 1 is 1.38 bits per heavy atom. The zero-order valence-corrected chi connectivity index (χ0v) is 9.34. The van der Waals surface area contributed by atoms with E-state index in [4.69, 9.17) is 4.52 Å². The molecule has 1 aromatic rings. The molecule has 0 amide bonds. The number of hydrogen-bond donors (Lipinski definition) is 0. The molecular formula is C11H17OP. The Morgan fingerprint density at radius 3 is 2.92 bits per heavy atom. The van der Waals surface area contributed by atoms with Crippen LogP contribution in [0.25, 0.3) is 0 Å². The third kappa shape index (κ3) is 4.28. The molecule has 1 rings (SSSR count). The van der Waals surface area contributed by atoms with Gasteiger partial charge in [0.25, 0.3) is 0 Å². The first-order valence-electron chi connectivity index (χ1n) is 4.79. The van der Waals surface area contributed by atoms with Crippen LogP contribution in [0.2, 0.25) is 0 Å². The Labute approximate surface area is 82.4 Å². The van der Waals surface area contributed by atoms with Gasteiger partial charge >= 0.3 is 0 Å². The summed E-state index contributed by atoms with van der Waals surface area (Å²) in [6.45, 7) is 4.29. The fourth-order valence-corrected chi connectivity index (χ4v) is 1.96. The van der Waals surface area contributed by atoms with Gasteiger partial charge in [-0.25, -0.2) is 0 Å². The third-order valence-corrected chi connectivity index (χ3v) is 2.75. The fourth-order valence-electron chi connectivity index (χ4n) is 1.06. The quantitative estimate of drug-likeness (QED) is 0.514. The molecule has 0 N–H and O–H groups in total. The monoisotopic (exact) mass is 196 g/mol. The van der Waals surface area contributed by atoms with Crippen LogP contribution in [-0.4, -0.2) is 6.16 Å². The SMILES string of the molecule is CCCCPOc1cccc(C)c1. The standard InChI is InChI=1S/C11H17OP/c1-3-4-8-13-12-11-7-5-6-10(2)9-11/h5-7,9,13H,3-4,8H2,1-2H3. The second-order valence-electron chi connectivity index (χ2n) is 3.17. The number of aryl methyl sites for hydroxylation is 1. The van der Waals surface area contributed by atoms with Crippen LogP contribution in [0.1, 0.15) is 25.3 Å². The Balaban J connectivity index is 2.28. The first-order valence-corrected chi connectivity index (χ1v) is 5.91. The van der Waals surface area contributed by atoms with Gasteiger partial charge in [0.2, 0.25) is 0 Å². The highest BCUT2D eigenvalue weighted by atomic mass is 31.1. The molecule has 72 valence electrons. The van der Waals surface area contributed by atoms with Crippen LogP contribution in [0.15, 0.2) is 24.3 Å². The Kier molecular flexibility index (Phi) is 4.85. The normalized spacial score (nSPS) is 10.9. The molecule has 0 aliphatic carbocycles. The summed E-state index contributed by atoms with van der Waals surface area (Å²) in [5.41, 5.74) is 1.26. The smallest absolute Gasteiger partial charge is 0.123 e. The second-order valence-corrected chi connectivity index (χ2v) is 4.16. The predicted octanol–water partition coefficient (Wildman–Crippen LogP) is 3.77. The van der Waals surface area contributed by atoms with E-state index < -0.39 is 0 Å². The summed E-state index contributed by atoms with van der Waals surface area (Å²) in [7, 11) is 0.613. The van der Waals surface area contributed by atoms with Crippen LogP contribution < -0.4 is 4.52 Å². The van der Waals surface area contributed by atoms with Gasteiger partial charge in [-0.3, -0.25) is 0 Å². The van der Waals surface area contributed by atoms with Crippen molar-refractivity contribution in [1.29, 1.82) is 0 Å². The van der Waals surface area contributed by atoms with Crippen molar-refractivity contribution in [2.45, 2.75) is 26.7 Å². The van der Waals surface area contributed by atoms with Gasteiger partial charge in [-0.05, 0) is 31.0 Å². The van der Waals surface area contributed by atoms with Crippen LogP contribution in [0, 0.1) is 6.92 Å². The topological polar surface area (TPSA) is 9.23 Å². The average molecular weight is 196 g/mol. The summed E-state index contributed by atoms with van der Waals surface area (Å²) < 4.78 is 5.62. The van der Waals surface area contributed by atoms with Crippen molar-refractivity contribution >= 4 is 8.81 Å². The summed E-state index contributed by atoms with van der Waals surface area (Å²) in [6, 6.07) is 8.22. The minimum atomic E-state index is 0.613. The summed E-state index contributed by atoms with van der Waals surface area (Å²) in [5, 5.41) is 0. The molecule has 0 saturated heterocycles. The van der Waals surface area contributed by atoms with Crippen molar-refractivity contribution < 1.29 is 4.52 Å². The maximum absolute atomic E-state index is 5.62. The highest BCUT2D eigenvalue weighted by Crippen LogP contribution is 2.22. The number of unbranched alkanes of at least 4 members (excludes halogenated alkanes) is 1. The van der Waals surface area contributed by atoms with Crippen molar-refractivity contribution in [3.8, 4) is 5.75 Å². The van der Waals surface area contributed by atoms with E-state index in [0.717, 1.165) is 5.75 Å². The van der Waals surface area contributed by atoms with E-state index in [1.165, 1.54) is 24.6 Å². The van der Waals surface area contributed by atoms with Gasteiger partial charge in [-0.15, -0.1) is 0 Å². The average Bonchev–Trinajstić information content (AvgIpc) is 2.13. The fraction of sp³-hybridized carbons (Fsp3) is 0.455. The van der Waals surface area contributed by atoms with Crippen molar-refractivity contribution in [1.82, 2.24) is 0 Å². The van der Waals surface area contributed by atoms with Gasteiger partial charge in [-0.2, -0.15) is 0 Å². The molecule has 0 aliphatic heterocycles. The van der Waals surface area contributed by atoms with Crippen molar-refractivity contribution in [2.24, 2.45) is 0 Å². The maximum Gasteiger partial charge on any atom is 0.123 e. The predicted molar refractivity (Wildman–Crippen MR) is 59.9 cm³/mol. The molecule has 0 spiro atoms. The third-order valence-electron chi connectivity index (χ3n) is 1.81. The largest absolute Gasteiger partial charge is 0.477 e. The highest BCUT2D eigenvalue weighted by molar-refractivity contribution is 7.32. The lowest BCUT2D eigenvalue weighted by Crippen LogP contribution is -1.82. The summed E-state index contributed by atoms with van der Waals surface area (Å²) in [6.07, 6.45) is 3.71. The molecule has 2 heteroatoms. The lowest BCUT2D eigenvalue weighted by atomic mass is 10.2. The molecule has 13 heavy (non-hydrogen) atoms. The first kappa shape index (κ1) is 10.5. The Morgan fingerprint density at radius 2 is 2.23 bits per heavy atom. The van der Waals surface area contributed by atoms with Gasteiger partial charge < -0.3 is 4.52 Å². The van der Waals surface area contributed by atoms with E-state index >= 15 is 0 Å². The molecule has 1 nitrogen and oxygen atoms in total. The van der Waals surface area contributed by atoms with Crippen molar-refractivity contribution in [2.75, 3.05) is 6.16 Å².